The topological polar surface area (TPSA) is 134 Å². The number of nitrogens with zero attached hydrogens (tertiary/aromatic N) is 4. The van der Waals surface area contributed by atoms with Crippen LogP contribution in [0.5, 0.6) is 0 Å². The number of para-hydroxylation sites is 3. The number of fused-ring (bicyclic) bond motifs is 2. The van der Waals surface area contributed by atoms with Crippen LogP contribution in [0, 0.1) is 11.3 Å². The van der Waals surface area contributed by atoms with E-state index in [1.165, 1.54) is 0 Å². The van der Waals surface area contributed by atoms with Crippen molar-refractivity contribution < 1.29 is 14.6 Å². The van der Waals surface area contributed by atoms with Crippen LogP contribution < -0.4 is 5.56 Å². The Morgan fingerprint density at radius 3 is 2.43 bits per heavy atom. The highest BCUT2D eigenvalue weighted by Gasteiger charge is 2.20. The summed E-state index contributed by atoms with van der Waals surface area (Å²) < 4.78 is 6.42. The summed E-state index contributed by atoms with van der Waals surface area (Å²) >= 11 is 0. The molecule has 0 aliphatic carbocycles. The zero-order valence-electron chi connectivity index (χ0n) is 18.2. The van der Waals surface area contributed by atoms with Gasteiger partial charge in [0, 0.05) is 5.39 Å². The molecule has 35 heavy (non-hydrogen) atoms. The molecule has 3 aromatic carbocycles. The lowest BCUT2D eigenvalue weighted by Gasteiger charge is -2.11. The van der Waals surface area contributed by atoms with Crippen molar-refractivity contribution in [3.05, 3.63) is 106 Å². The van der Waals surface area contributed by atoms with Crippen LogP contribution in [0.2, 0.25) is 0 Å². The van der Waals surface area contributed by atoms with Crippen molar-refractivity contribution in [1.29, 1.82) is 5.26 Å². The highest BCUT2D eigenvalue weighted by molar-refractivity contribution is 6.02. The number of carbonyl (C=O) groups excluding carboxylic acids is 1. The smallest absolute Gasteiger partial charge is 0.359 e. The van der Waals surface area contributed by atoms with E-state index in [-0.39, 0.29) is 28.0 Å². The number of ether oxygens (including phenoxy) is 1. The van der Waals surface area contributed by atoms with Gasteiger partial charge in [-0.05, 0) is 30.3 Å². The summed E-state index contributed by atoms with van der Waals surface area (Å²) in [5, 5.41) is 24.9. The Kier molecular flexibility index (Phi) is 5.53. The average molecular weight is 463 g/mol. The monoisotopic (exact) mass is 463 g/mol. The maximum absolute atomic E-state index is 13.0. The lowest BCUT2D eigenvalue weighted by molar-refractivity contribution is 0.0496. The number of rotatable bonds is 5. The molecular weight excluding hydrogens is 446 g/mol. The Morgan fingerprint density at radius 2 is 1.69 bits per heavy atom. The van der Waals surface area contributed by atoms with Crippen molar-refractivity contribution in [3.8, 4) is 11.8 Å². The number of esters is 1. The van der Waals surface area contributed by atoms with E-state index < -0.39 is 18.3 Å². The SMILES string of the molecule is N#C/C(=C(\O)COC(=O)c1nn(-c2ccccc2)c(=O)c2ccccc12)c1nc2ccccc2[nH]1. The summed E-state index contributed by atoms with van der Waals surface area (Å²) in [6.45, 7) is -0.584. The third kappa shape index (κ3) is 4.00. The first kappa shape index (κ1) is 21.6. The maximum Gasteiger partial charge on any atom is 0.359 e. The highest BCUT2D eigenvalue weighted by atomic mass is 16.5. The third-order valence-corrected chi connectivity index (χ3v) is 5.37. The molecule has 5 rings (SSSR count). The van der Waals surface area contributed by atoms with Crippen LogP contribution in [0.15, 0.2) is 89.4 Å². The first-order valence-electron chi connectivity index (χ1n) is 10.6. The number of carbonyl (C=O) groups is 1. The fourth-order valence-electron chi connectivity index (χ4n) is 3.68. The number of aliphatic hydroxyl groups excluding tert-OH is 1. The van der Waals surface area contributed by atoms with Crippen molar-refractivity contribution in [3.63, 3.8) is 0 Å². The molecule has 0 atom stereocenters. The molecule has 0 saturated carbocycles. The Balaban J connectivity index is 1.49. The van der Waals surface area contributed by atoms with Crippen molar-refractivity contribution >= 4 is 33.3 Å². The number of aliphatic hydroxyl groups is 1. The molecule has 0 radical (unpaired) electrons. The van der Waals surface area contributed by atoms with Crippen molar-refractivity contribution in [1.82, 2.24) is 19.7 Å². The molecule has 0 aliphatic heterocycles. The van der Waals surface area contributed by atoms with E-state index in [9.17, 15) is 20.0 Å². The minimum atomic E-state index is -0.862. The van der Waals surface area contributed by atoms with Crippen LogP contribution in [0.4, 0.5) is 0 Å². The van der Waals surface area contributed by atoms with Crippen molar-refractivity contribution in [2.75, 3.05) is 6.61 Å². The number of H-pyrrole nitrogens is 1. The molecular formula is C26H17N5O4. The molecule has 0 amide bonds. The molecule has 0 aliphatic rings. The number of aromatic amines is 1. The van der Waals surface area contributed by atoms with Crippen LogP contribution in [0.3, 0.4) is 0 Å². The molecule has 9 heteroatoms. The van der Waals surface area contributed by atoms with Gasteiger partial charge in [0.2, 0.25) is 0 Å². The Morgan fingerprint density at radius 1 is 1.00 bits per heavy atom. The first-order valence-corrected chi connectivity index (χ1v) is 10.6. The van der Waals surface area contributed by atoms with Gasteiger partial charge >= 0.3 is 5.97 Å². The summed E-state index contributed by atoms with van der Waals surface area (Å²) in [6.07, 6.45) is 0. The summed E-state index contributed by atoms with van der Waals surface area (Å²) in [7, 11) is 0. The van der Waals surface area contributed by atoms with Crippen LogP contribution in [0.25, 0.3) is 33.1 Å². The van der Waals surface area contributed by atoms with E-state index in [1.54, 1.807) is 72.8 Å². The maximum atomic E-state index is 13.0. The number of aromatic nitrogens is 4. The second kappa shape index (κ2) is 8.96. The predicted molar refractivity (Wildman–Crippen MR) is 129 cm³/mol. The second-order valence-electron chi connectivity index (χ2n) is 7.56. The number of benzene rings is 3. The number of nitrogens with one attached hydrogen (secondary N) is 1. The number of hydrogen-bond acceptors (Lipinski definition) is 7. The third-order valence-electron chi connectivity index (χ3n) is 5.37. The molecule has 0 fully saturated rings. The molecule has 0 spiro atoms. The average Bonchev–Trinajstić information content (AvgIpc) is 3.32. The summed E-state index contributed by atoms with van der Waals surface area (Å²) in [4.78, 5) is 33.2. The van der Waals surface area contributed by atoms with Gasteiger partial charge in [0.1, 0.15) is 18.2 Å². The van der Waals surface area contributed by atoms with Gasteiger partial charge in [-0.3, -0.25) is 4.79 Å². The van der Waals surface area contributed by atoms with E-state index in [2.05, 4.69) is 15.1 Å². The van der Waals surface area contributed by atoms with Gasteiger partial charge in [0.05, 0.1) is 22.1 Å². The number of hydrogen-bond donors (Lipinski definition) is 2. The normalized spacial score (nSPS) is 11.7. The second-order valence-corrected chi connectivity index (χ2v) is 7.56. The van der Waals surface area contributed by atoms with Crippen LogP contribution in [-0.4, -0.2) is 37.4 Å². The largest absolute Gasteiger partial charge is 0.507 e. The molecule has 0 bridgehead atoms. The number of imidazole rings is 1. The standard InChI is InChI=1S/C26H17N5O4/c27-14-19(24-28-20-12-6-7-13-21(20)29-24)22(32)15-35-26(34)23-17-10-4-5-11-18(17)25(33)31(30-23)16-8-2-1-3-9-16/h1-13,32H,15H2,(H,28,29)/b22-19+. The van der Waals surface area contributed by atoms with Gasteiger partial charge in [-0.25, -0.2) is 9.78 Å². The molecule has 2 aromatic heterocycles. The van der Waals surface area contributed by atoms with E-state index in [0.29, 0.717) is 22.1 Å². The van der Waals surface area contributed by atoms with Gasteiger partial charge in [-0.1, -0.05) is 48.5 Å². The summed E-state index contributed by atoms with van der Waals surface area (Å²) in [5.41, 5.74) is 1.16. The van der Waals surface area contributed by atoms with E-state index in [0.717, 1.165) is 4.68 Å². The van der Waals surface area contributed by atoms with Gasteiger partial charge in [-0.15, -0.1) is 0 Å². The minimum absolute atomic E-state index is 0.0981. The van der Waals surface area contributed by atoms with Crippen LogP contribution >= 0.6 is 0 Å². The van der Waals surface area contributed by atoms with Crippen LogP contribution in [0.1, 0.15) is 16.3 Å². The van der Waals surface area contributed by atoms with Gasteiger partial charge in [-0.2, -0.15) is 15.0 Å². The molecule has 170 valence electrons. The number of nitriles is 1. The van der Waals surface area contributed by atoms with E-state index in [4.69, 9.17) is 4.74 Å². The molecule has 9 nitrogen and oxygen atoms in total. The Hall–Kier alpha value is -5.23. The minimum Gasteiger partial charge on any atom is -0.507 e. The molecule has 2 N–H and O–H groups in total. The lowest BCUT2D eigenvalue weighted by Crippen LogP contribution is -2.25. The molecule has 0 saturated heterocycles. The first-order chi connectivity index (χ1) is 17.1. The summed E-state index contributed by atoms with van der Waals surface area (Å²) in [5.74, 6) is -1.18. The number of allylic oxidation sites excluding steroid dienone is 1. The zero-order chi connectivity index (χ0) is 24.4. The highest BCUT2D eigenvalue weighted by Crippen LogP contribution is 2.20. The summed E-state index contributed by atoms with van der Waals surface area (Å²) in [6, 6.07) is 24.3. The lowest BCUT2D eigenvalue weighted by atomic mass is 10.1. The van der Waals surface area contributed by atoms with E-state index >= 15 is 0 Å². The predicted octanol–water partition coefficient (Wildman–Crippen LogP) is 3.91. The molecule has 5 aromatic rings. The van der Waals surface area contributed by atoms with Crippen molar-refractivity contribution in [2.45, 2.75) is 0 Å². The van der Waals surface area contributed by atoms with Gasteiger partial charge < -0.3 is 14.8 Å². The fourth-order valence-corrected chi connectivity index (χ4v) is 3.68. The molecule has 2 heterocycles. The van der Waals surface area contributed by atoms with Gasteiger partial charge in [0.15, 0.2) is 17.3 Å². The zero-order valence-corrected chi connectivity index (χ0v) is 18.2. The van der Waals surface area contributed by atoms with E-state index in [1.807, 2.05) is 12.1 Å². The fraction of sp³-hybridized carbons (Fsp3) is 0.0385. The Bertz CT molecular complexity index is 1680. The van der Waals surface area contributed by atoms with Gasteiger partial charge in [0.25, 0.3) is 5.56 Å². The quantitative estimate of drug-likeness (QED) is 0.229. The van der Waals surface area contributed by atoms with Crippen molar-refractivity contribution in [2.24, 2.45) is 0 Å². The molecule has 0 unspecified atom stereocenters. The Labute approximate surface area is 198 Å². The van der Waals surface area contributed by atoms with Crippen LogP contribution in [-0.2, 0) is 4.74 Å².